The molecule has 0 N–H and O–H groups in total. The zero-order valence-corrected chi connectivity index (χ0v) is 26.0. The van der Waals surface area contributed by atoms with E-state index in [0.717, 1.165) is 44.6 Å². The van der Waals surface area contributed by atoms with Crippen molar-refractivity contribution in [3.63, 3.8) is 0 Å². The average molecular weight is 594 g/mol. The summed E-state index contributed by atoms with van der Waals surface area (Å²) in [6.07, 6.45) is 9.17. The van der Waals surface area contributed by atoms with Crippen molar-refractivity contribution in [2.45, 2.75) is 32.1 Å². The highest BCUT2D eigenvalue weighted by atomic mass is 16.3. The first-order valence-electron chi connectivity index (χ1n) is 16.1. The molecule has 0 bridgehead atoms. The van der Waals surface area contributed by atoms with Crippen LogP contribution in [-0.2, 0) is 5.41 Å². The van der Waals surface area contributed by atoms with Crippen LogP contribution in [-0.4, -0.2) is 14.5 Å². The van der Waals surface area contributed by atoms with E-state index in [1.54, 1.807) is 0 Å². The van der Waals surface area contributed by atoms with E-state index >= 15 is 0 Å². The first-order valence-corrected chi connectivity index (χ1v) is 16.1. The van der Waals surface area contributed by atoms with E-state index in [0.29, 0.717) is 5.71 Å². The SMILES string of the molecule is CC1(C)c2cccc(-c3nc4oc5ccccc5c4nc3-n3c4ccccc4c4cc5ccccc5cc43)c2C2C=CC=CC21C. The molecule has 220 valence electrons. The Kier molecular flexibility index (Phi) is 4.95. The highest BCUT2D eigenvalue weighted by molar-refractivity contribution is 6.14. The number of hydrogen-bond acceptors (Lipinski definition) is 3. The molecule has 46 heavy (non-hydrogen) atoms. The summed E-state index contributed by atoms with van der Waals surface area (Å²) in [7, 11) is 0. The summed E-state index contributed by atoms with van der Waals surface area (Å²) in [6.45, 7) is 7.16. The molecule has 2 atom stereocenters. The normalized spacial score (nSPS) is 19.9. The van der Waals surface area contributed by atoms with Gasteiger partial charge in [-0.05, 0) is 57.6 Å². The Morgan fingerprint density at radius 1 is 0.696 bits per heavy atom. The predicted octanol–water partition coefficient (Wildman–Crippen LogP) is 10.8. The Labute approximate surface area is 266 Å². The lowest BCUT2D eigenvalue weighted by molar-refractivity contribution is 0.245. The van der Waals surface area contributed by atoms with Gasteiger partial charge in [0.25, 0.3) is 0 Å². The molecule has 2 aliphatic rings. The second-order valence-electron chi connectivity index (χ2n) is 13.6. The molecule has 4 nitrogen and oxygen atoms in total. The molecule has 0 amide bonds. The summed E-state index contributed by atoms with van der Waals surface area (Å²) < 4.78 is 8.73. The van der Waals surface area contributed by atoms with Crippen LogP contribution in [0.1, 0.15) is 37.8 Å². The van der Waals surface area contributed by atoms with Crippen molar-refractivity contribution in [2.24, 2.45) is 5.41 Å². The van der Waals surface area contributed by atoms with Gasteiger partial charge in [-0.2, -0.15) is 0 Å². The Balaban J connectivity index is 1.38. The minimum atomic E-state index is -0.0763. The minimum Gasteiger partial charge on any atom is -0.436 e. The largest absolute Gasteiger partial charge is 0.436 e. The third kappa shape index (κ3) is 3.18. The second kappa shape index (κ2) is 8.82. The van der Waals surface area contributed by atoms with Crippen LogP contribution in [0.3, 0.4) is 0 Å². The lowest BCUT2D eigenvalue weighted by Crippen LogP contribution is -2.36. The van der Waals surface area contributed by atoms with Crippen LogP contribution in [0.15, 0.2) is 132 Å². The van der Waals surface area contributed by atoms with Gasteiger partial charge in [0.05, 0.1) is 11.0 Å². The van der Waals surface area contributed by atoms with Gasteiger partial charge in [-0.25, -0.2) is 9.97 Å². The minimum absolute atomic E-state index is 0.0665. The summed E-state index contributed by atoms with van der Waals surface area (Å²) in [4.78, 5) is 10.9. The Morgan fingerprint density at radius 2 is 1.46 bits per heavy atom. The van der Waals surface area contributed by atoms with Crippen molar-refractivity contribution < 1.29 is 4.42 Å². The number of para-hydroxylation sites is 2. The molecule has 2 aliphatic carbocycles. The van der Waals surface area contributed by atoms with E-state index in [9.17, 15) is 0 Å². The van der Waals surface area contributed by atoms with Crippen molar-refractivity contribution in [3.8, 4) is 17.1 Å². The molecular formula is C42H31N3O. The van der Waals surface area contributed by atoms with Gasteiger partial charge in [0.15, 0.2) is 5.82 Å². The molecule has 5 aromatic carbocycles. The summed E-state index contributed by atoms with van der Waals surface area (Å²) in [5.74, 6) is 1.03. The fraction of sp³-hybridized carbons (Fsp3) is 0.143. The number of furan rings is 1. The number of aromatic nitrogens is 3. The highest BCUT2D eigenvalue weighted by Crippen LogP contribution is 2.63. The van der Waals surface area contributed by atoms with E-state index < -0.39 is 0 Å². The Bertz CT molecular complexity index is 2650. The number of benzene rings is 5. The van der Waals surface area contributed by atoms with Crippen LogP contribution in [0.5, 0.6) is 0 Å². The molecule has 0 aliphatic heterocycles. The second-order valence-corrected chi connectivity index (χ2v) is 13.6. The van der Waals surface area contributed by atoms with E-state index in [4.69, 9.17) is 14.4 Å². The number of allylic oxidation sites excluding steroid dienone is 4. The van der Waals surface area contributed by atoms with Crippen molar-refractivity contribution >= 4 is 54.8 Å². The zero-order valence-electron chi connectivity index (χ0n) is 26.0. The molecule has 3 heterocycles. The van der Waals surface area contributed by atoms with Gasteiger partial charge >= 0.3 is 0 Å². The summed E-state index contributed by atoms with van der Waals surface area (Å²) in [5.41, 5.74) is 8.83. The fourth-order valence-electron chi connectivity index (χ4n) is 8.40. The van der Waals surface area contributed by atoms with E-state index in [1.165, 1.54) is 32.7 Å². The van der Waals surface area contributed by atoms with Gasteiger partial charge in [-0.1, -0.05) is 118 Å². The van der Waals surface area contributed by atoms with Gasteiger partial charge in [0, 0.05) is 33.1 Å². The highest BCUT2D eigenvalue weighted by Gasteiger charge is 2.54. The molecular weight excluding hydrogens is 562 g/mol. The number of hydrogen-bond donors (Lipinski definition) is 0. The van der Waals surface area contributed by atoms with Crippen LogP contribution in [0.4, 0.5) is 0 Å². The van der Waals surface area contributed by atoms with Gasteiger partial charge in [0.1, 0.15) is 16.8 Å². The summed E-state index contributed by atoms with van der Waals surface area (Å²) >= 11 is 0. The van der Waals surface area contributed by atoms with Crippen LogP contribution in [0.25, 0.3) is 71.9 Å². The molecule has 0 saturated carbocycles. The van der Waals surface area contributed by atoms with Crippen LogP contribution < -0.4 is 0 Å². The smallest absolute Gasteiger partial charge is 0.247 e. The van der Waals surface area contributed by atoms with Gasteiger partial charge in [-0.3, -0.25) is 4.57 Å². The quantitative estimate of drug-likeness (QED) is 0.200. The average Bonchev–Trinajstić information content (AvgIpc) is 3.66. The maximum absolute atomic E-state index is 6.40. The number of nitrogens with zero attached hydrogens (tertiary/aromatic N) is 3. The van der Waals surface area contributed by atoms with Gasteiger partial charge < -0.3 is 4.42 Å². The van der Waals surface area contributed by atoms with E-state index in [2.05, 4.69) is 135 Å². The molecule has 3 aromatic heterocycles. The van der Waals surface area contributed by atoms with Gasteiger partial charge in [-0.15, -0.1) is 0 Å². The molecule has 8 aromatic rings. The lowest BCUT2D eigenvalue weighted by atomic mass is 9.62. The third-order valence-electron chi connectivity index (χ3n) is 11.1. The zero-order chi connectivity index (χ0) is 30.8. The molecule has 0 fully saturated rings. The van der Waals surface area contributed by atoms with Crippen molar-refractivity contribution in [3.05, 3.63) is 139 Å². The van der Waals surface area contributed by atoms with E-state index in [1.807, 2.05) is 18.2 Å². The summed E-state index contributed by atoms with van der Waals surface area (Å²) in [6, 6.07) is 36.7. The fourth-order valence-corrected chi connectivity index (χ4v) is 8.40. The molecule has 0 saturated heterocycles. The topological polar surface area (TPSA) is 43.9 Å². The van der Waals surface area contributed by atoms with Crippen LogP contribution in [0.2, 0.25) is 0 Å². The number of fused-ring (bicyclic) bond motifs is 10. The predicted molar refractivity (Wildman–Crippen MR) is 189 cm³/mol. The molecule has 0 radical (unpaired) electrons. The Hall–Kier alpha value is -5.48. The molecule has 0 spiro atoms. The monoisotopic (exact) mass is 593 g/mol. The Morgan fingerprint density at radius 3 is 2.33 bits per heavy atom. The molecule has 4 heteroatoms. The van der Waals surface area contributed by atoms with Crippen LogP contribution in [0, 0.1) is 5.41 Å². The maximum Gasteiger partial charge on any atom is 0.247 e. The lowest BCUT2D eigenvalue weighted by Gasteiger charge is -2.41. The third-order valence-corrected chi connectivity index (χ3v) is 11.1. The first-order chi connectivity index (χ1) is 22.4. The standard InChI is InChI=1S/C42H31N3O/c1-41(2)31-19-12-17-29(36(31)32-18-10-11-22-42(32,41)3)37-39(43-38-28-16-7-9-21-35(28)46-40(38)44-37)45-33-20-8-6-15-27(33)30-23-25-13-4-5-14-26(25)24-34(30)45/h4-24,32H,1-3H3. The maximum atomic E-state index is 6.40. The van der Waals surface area contributed by atoms with Gasteiger partial charge in [0.2, 0.25) is 5.71 Å². The first kappa shape index (κ1) is 25.8. The van der Waals surface area contributed by atoms with Crippen molar-refractivity contribution in [1.82, 2.24) is 14.5 Å². The molecule has 2 unspecified atom stereocenters. The van der Waals surface area contributed by atoms with E-state index in [-0.39, 0.29) is 16.7 Å². The number of rotatable bonds is 2. The molecule has 10 rings (SSSR count). The van der Waals surface area contributed by atoms with Crippen LogP contribution >= 0.6 is 0 Å². The summed E-state index contributed by atoms with van der Waals surface area (Å²) in [5, 5.41) is 5.78. The van der Waals surface area contributed by atoms with Crippen molar-refractivity contribution in [2.75, 3.05) is 0 Å². The van der Waals surface area contributed by atoms with Crippen molar-refractivity contribution in [1.29, 1.82) is 0 Å².